The first kappa shape index (κ1) is 21.1. The first-order chi connectivity index (χ1) is 14.7. The third-order valence-electron chi connectivity index (χ3n) is 6.07. The minimum absolute atomic E-state index is 0.0644. The monoisotopic (exact) mass is 410 g/mol. The molecule has 1 aliphatic heterocycles. The van der Waals surface area contributed by atoms with E-state index in [9.17, 15) is 4.79 Å². The van der Waals surface area contributed by atoms with Crippen molar-refractivity contribution in [2.75, 3.05) is 19.7 Å². The van der Waals surface area contributed by atoms with Crippen LogP contribution in [-0.4, -0.2) is 52.2 Å². The number of carbonyl (C=O) groups excluding carboxylic acids is 1. The van der Waals surface area contributed by atoms with Crippen molar-refractivity contribution in [3.63, 3.8) is 0 Å². The summed E-state index contributed by atoms with van der Waals surface area (Å²) in [6.45, 7) is 7.28. The van der Waals surface area contributed by atoms with Gasteiger partial charge in [-0.3, -0.25) is 4.79 Å². The van der Waals surface area contributed by atoms with Crippen LogP contribution in [0.2, 0.25) is 0 Å². The number of unbranched alkanes of at least 4 members (excludes halogenated alkanes) is 2. The third-order valence-corrected chi connectivity index (χ3v) is 6.07. The molecule has 0 radical (unpaired) electrons. The average Bonchev–Trinajstić information content (AvgIpc) is 3.53. The van der Waals surface area contributed by atoms with E-state index in [1.165, 1.54) is 12.8 Å². The number of morpholine rings is 1. The molecule has 6 nitrogen and oxygen atoms in total. The van der Waals surface area contributed by atoms with Gasteiger partial charge in [0.1, 0.15) is 11.9 Å². The van der Waals surface area contributed by atoms with Gasteiger partial charge < -0.3 is 19.5 Å². The Balaban J connectivity index is 1.60. The number of hydrogen-bond acceptors (Lipinski definition) is 4. The van der Waals surface area contributed by atoms with Crippen molar-refractivity contribution < 1.29 is 9.53 Å². The van der Waals surface area contributed by atoms with Gasteiger partial charge >= 0.3 is 0 Å². The Kier molecular flexibility index (Phi) is 6.85. The first-order valence-corrected chi connectivity index (χ1v) is 11.5. The molecular weight excluding hydrogens is 376 g/mol. The van der Waals surface area contributed by atoms with Crippen molar-refractivity contribution >= 4 is 5.91 Å². The minimum Gasteiger partial charge on any atom is -0.366 e. The predicted molar refractivity (Wildman–Crippen MR) is 118 cm³/mol. The Morgan fingerprint density at radius 3 is 2.77 bits per heavy atom. The molecule has 1 amide bonds. The third kappa shape index (κ3) is 4.76. The van der Waals surface area contributed by atoms with E-state index in [1.807, 2.05) is 11.0 Å². The molecule has 2 aromatic rings. The predicted octanol–water partition coefficient (Wildman–Crippen LogP) is 3.78. The maximum atomic E-state index is 13.3. The SMILES string of the molecule is CCCCCn1cc([C@@H](C)N(C(=O)[C@H]2CNCCO2)C2CC2)nc1-c1ccccc1. The summed E-state index contributed by atoms with van der Waals surface area (Å²) in [6, 6.07) is 10.6. The number of aromatic nitrogens is 2. The van der Waals surface area contributed by atoms with Crippen molar-refractivity contribution in [1.29, 1.82) is 0 Å². The van der Waals surface area contributed by atoms with Crippen molar-refractivity contribution in [3.05, 3.63) is 42.2 Å². The Bertz CT molecular complexity index is 825. The molecule has 30 heavy (non-hydrogen) atoms. The van der Waals surface area contributed by atoms with Crippen molar-refractivity contribution in [3.8, 4) is 11.4 Å². The summed E-state index contributed by atoms with van der Waals surface area (Å²) in [6.07, 6.45) is 7.44. The summed E-state index contributed by atoms with van der Waals surface area (Å²) in [5.74, 6) is 1.09. The quantitative estimate of drug-likeness (QED) is 0.639. The van der Waals surface area contributed by atoms with Gasteiger partial charge in [0.25, 0.3) is 5.91 Å². The number of rotatable bonds is 9. The highest BCUT2D eigenvalue weighted by Crippen LogP contribution is 2.36. The Labute approximate surface area is 179 Å². The van der Waals surface area contributed by atoms with Gasteiger partial charge in [0.05, 0.1) is 18.3 Å². The molecule has 0 spiro atoms. The van der Waals surface area contributed by atoms with Crippen molar-refractivity contribution in [2.24, 2.45) is 0 Å². The Morgan fingerprint density at radius 2 is 2.10 bits per heavy atom. The van der Waals surface area contributed by atoms with Gasteiger partial charge in [-0.2, -0.15) is 0 Å². The van der Waals surface area contributed by atoms with Gasteiger partial charge in [0.2, 0.25) is 0 Å². The number of hydrogen-bond donors (Lipinski definition) is 1. The average molecular weight is 411 g/mol. The van der Waals surface area contributed by atoms with Crippen LogP contribution in [0.4, 0.5) is 0 Å². The zero-order valence-corrected chi connectivity index (χ0v) is 18.2. The number of imidazole rings is 1. The van der Waals surface area contributed by atoms with Crippen LogP contribution >= 0.6 is 0 Å². The Morgan fingerprint density at radius 1 is 1.30 bits per heavy atom. The van der Waals surface area contributed by atoms with Crippen LogP contribution in [0, 0.1) is 0 Å². The second-order valence-corrected chi connectivity index (χ2v) is 8.47. The fraction of sp³-hybridized carbons (Fsp3) is 0.583. The van der Waals surface area contributed by atoms with E-state index < -0.39 is 0 Å². The second kappa shape index (κ2) is 9.75. The maximum Gasteiger partial charge on any atom is 0.253 e. The number of nitrogens with zero attached hydrogens (tertiary/aromatic N) is 3. The number of aryl methyl sites for hydroxylation is 1. The molecule has 0 unspecified atom stereocenters. The van der Waals surface area contributed by atoms with Crippen molar-refractivity contribution in [2.45, 2.75) is 70.7 Å². The lowest BCUT2D eigenvalue weighted by atomic mass is 10.1. The summed E-state index contributed by atoms with van der Waals surface area (Å²) in [5.41, 5.74) is 2.09. The van der Waals surface area contributed by atoms with Gasteiger partial charge in [-0.25, -0.2) is 4.98 Å². The van der Waals surface area contributed by atoms with Crippen LogP contribution in [0.25, 0.3) is 11.4 Å². The van der Waals surface area contributed by atoms with Crippen LogP contribution in [0.15, 0.2) is 36.5 Å². The van der Waals surface area contributed by atoms with E-state index >= 15 is 0 Å². The van der Waals surface area contributed by atoms with E-state index in [-0.39, 0.29) is 18.1 Å². The molecular formula is C24H34N4O2. The normalized spacial score (nSPS) is 20.1. The summed E-state index contributed by atoms with van der Waals surface area (Å²) < 4.78 is 8.04. The largest absolute Gasteiger partial charge is 0.366 e. The highest BCUT2D eigenvalue weighted by Gasteiger charge is 2.40. The van der Waals surface area contributed by atoms with E-state index in [2.05, 4.69) is 54.2 Å². The lowest BCUT2D eigenvalue weighted by Gasteiger charge is -2.33. The molecule has 2 atom stereocenters. The lowest BCUT2D eigenvalue weighted by Crippen LogP contribution is -2.50. The van der Waals surface area contributed by atoms with Gasteiger partial charge in [-0.1, -0.05) is 50.1 Å². The van der Waals surface area contributed by atoms with Crippen molar-refractivity contribution in [1.82, 2.24) is 19.8 Å². The summed E-state index contributed by atoms with van der Waals surface area (Å²) in [7, 11) is 0. The molecule has 162 valence electrons. The standard InChI is InChI=1S/C24H34N4O2/c1-3-4-8-14-27-17-21(26-23(27)19-9-6-5-7-10-19)18(2)28(20-11-12-20)24(29)22-16-25-13-15-30-22/h5-7,9-10,17-18,20,22,25H,3-4,8,11-16H2,1-2H3/t18-,22-/m1/s1. The summed E-state index contributed by atoms with van der Waals surface area (Å²) in [4.78, 5) is 20.4. The van der Waals surface area contributed by atoms with Gasteiger partial charge in [0, 0.05) is 37.4 Å². The van der Waals surface area contributed by atoms with Crippen LogP contribution in [0.5, 0.6) is 0 Å². The highest BCUT2D eigenvalue weighted by molar-refractivity contribution is 5.82. The fourth-order valence-electron chi connectivity index (χ4n) is 4.23. The molecule has 1 N–H and O–H groups in total. The number of ether oxygens (including phenoxy) is 1. The van der Waals surface area contributed by atoms with E-state index in [0.29, 0.717) is 19.2 Å². The van der Waals surface area contributed by atoms with Gasteiger partial charge in [0.15, 0.2) is 0 Å². The smallest absolute Gasteiger partial charge is 0.253 e. The fourth-order valence-corrected chi connectivity index (χ4v) is 4.23. The first-order valence-electron chi connectivity index (χ1n) is 11.5. The lowest BCUT2D eigenvalue weighted by molar-refractivity contribution is -0.148. The zero-order valence-electron chi connectivity index (χ0n) is 18.2. The highest BCUT2D eigenvalue weighted by atomic mass is 16.5. The topological polar surface area (TPSA) is 59.4 Å². The van der Waals surface area contributed by atoms with Crippen LogP contribution < -0.4 is 5.32 Å². The van der Waals surface area contributed by atoms with Gasteiger partial charge in [-0.05, 0) is 26.2 Å². The molecule has 2 aliphatic rings. The van der Waals surface area contributed by atoms with Crippen LogP contribution in [0.3, 0.4) is 0 Å². The Hall–Kier alpha value is -2.18. The van der Waals surface area contributed by atoms with Crippen LogP contribution in [-0.2, 0) is 16.1 Å². The molecule has 2 fully saturated rings. The van der Waals surface area contributed by atoms with Crippen LogP contribution in [0.1, 0.15) is 57.7 Å². The van der Waals surface area contributed by atoms with E-state index in [1.54, 1.807) is 0 Å². The second-order valence-electron chi connectivity index (χ2n) is 8.47. The van der Waals surface area contributed by atoms with E-state index in [0.717, 1.165) is 49.4 Å². The number of nitrogens with one attached hydrogen (secondary N) is 1. The summed E-state index contributed by atoms with van der Waals surface area (Å²) >= 11 is 0. The molecule has 1 aromatic carbocycles. The molecule has 6 heteroatoms. The summed E-state index contributed by atoms with van der Waals surface area (Å²) in [5, 5.41) is 3.28. The minimum atomic E-state index is -0.387. The molecule has 0 bridgehead atoms. The molecule has 1 saturated carbocycles. The molecule has 1 saturated heterocycles. The van der Waals surface area contributed by atoms with E-state index in [4.69, 9.17) is 9.72 Å². The molecule has 4 rings (SSSR count). The number of amides is 1. The molecule has 2 heterocycles. The number of benzene rings is 1. The number of carbonyl (C=O) groups is 1. The van der Waals surface area contributed by atoms with Gasteiger partial charge in [-0.15, -0.1) is 0 Å². The zero-order chi connectivity index (χ0) is 20.9. The maximum absolute atomic E-state index is 13.3. The molecule has 1 aliphatic carbocycles. The molecule has 1 aromatic heterocycles.